The van der Waals surface area contributed by atoms with Gasteiger partial charge in [-0.2, -0.15) is 4.98 Å². The maximum absolute atomic E-state index is 12.2. The average molecular weight is 312 g/mol. The van der Waals surface area contributed by atoms with E-state index in [9.17, 15) is 13.2 Å². The molecule has 0 unspecified atom stereocenters. The summed E-state index contributed by atoms with van der Waals surface area (Å²) >= 11 is 0. The molecule has 22 heavy (non-hydrogen) atoms. The normalized spacial score (nSPS) is 15.5. The summed E-state index contributed by atoms with van der Waals surface area (Å²) in [5.41, 5.74) is 1.14. The number of nitrogens with zero attached hydrogens (tertiary/aromatic N) is 2. The highest BCUT2D eigenvalue weighted by atomic mass is 19.4. The second-order valence-corrected chi connectivity index (χ2v) is 4.57. The first-order chi connectivity index (χ1) is 10.5. The summed E-state index contributed by atoms with van der Waals surface area (Å²) in [6.07, 6.45) is -2.06. The predicted octanol–water partition coefficient (Wildman–Crippen LogP) is 3.44. The summed E-state index contributed by atoms with van der Waals surface area (Å²) in [4.78, 5) is 4.18. The Balaban J connectivity index is 1.84. The summed E-state index contributed by atoms with van der Waals surface area (Å²) in [6, 6.07) is 5.41. The first kappa shape index (κ1) is 14.6. The number of benzene rings is 1. The fourth-order valence-electron chi connectivity index (χ4n) is 2.01. The highest BCUT2D eigenvalue weighted by molar-refractivity contribution is 5.63. The Kier molecular flexibility index (Phi) is 3.84. The molecule has 3 rings (SSSR count). The van der Waals surface area contributed by atoms with E-state index in [-0.39, 0.29) is 11.6 Å². The molecule has 8 heteroatoms. The number of ether oxygens (including phenoxy) is 2. The molecule has 1 aromatic carbocycles. The molecular weight excluding hydrogens is 301 g/mol. The van der Waals surface area contributed by atoms with Crippen LogP contribution in [0.15, 0.2) is 34.9 Å². The standard InChI is InChI=1S/C14H11F3N2O3/c15-14(16,17)21-11-5-1-3-9(7-11)12-18-13(22-19-12)10-4-2-6-20-8-10/h1,3-5,7H,2,6,8H2. The summed E-state index contributed by atoms with van der Waals surface area (Å²) in [7, 11) is 0. The van der Waals surface area contributed by atoms with Crippen molar-refractivity contribution in [1.29, 1.82) is 0 Å². The van der Waals surface area contributed by atoms with Crippen LogP contribution in [0.4, 0.5) is 13.2 Å². The van der Waals surface area contributed by atoms with Crippen LogP contribution in [0.1, 0.15) is 12.3 Å². The van der Waals surface area contributed by atoms with E-state index in [0.717, 1.165) is 12.0 Å². The van der Waals surface area contributed by atoms with E-state index in [1.54, 1.807) is 6.07 Å². The summed E-state index contributed by atoms with van der Waals surface area (Å²) < 4.78 is 51.0. The monoisotopic (exact) mass is 312 g/mol. The van der Waals surface area contributed by atoms with Crippen LogP contribution in [-0.4, -0.2) is 29.7 Å². The van der Waals surface area contributed by atoms with E-state index >= 15 is 0 Å². The van der Waals surface area contributed by atoms with Gasteiger partial charge in [0.15, 0.2) is 0 Å². The van der Waals surface area contributed by atoms with Gasteiger partial charge in [0.25, 0.3) is 5.89 Å². The SMILES string of the molecule is FC(F)(F)Oc1cccc(-c2noc(C3=CCCOC3)n2)c1. The number of hydrogen-bond donors (Lipinski definition) is 0. The molecule has 1 aliphatic heterocycles. The number of aromatic nitrogens is 2. The topological polar surface area (TPSA) is 57.4 Å². The van der Waals surface area contributed by atoms with Gasteiger partial charge in [0.1, 0.15) is 5.75 Å². The minimum Gasteiger partial charge on any atom is -0.406 e. The van der Waals surface area contributed by atoms with Gasteiger partial charge in [-0.3, -0.25) is 0 Å². The van der Waals surface area contributed by atoms with E-state index in [4.69, 9.17) is 9.26 Å². The molecule has 116 valence electrons. The van der Waals surface area contributed by atoms with Crippen molar-refractivity contribution in [2.24, 2.45) is 0 Å². The van der Waals surface area contributed by atoms with Crippen molar-refractivity contribution >= 4 is 5.57 Å². The van der Waals surface area contributed by atoms with Crippen molar-refractivity contribution in [1.82, 2.24) is 10.1 Å². The molecule has 1 aromatic heterocycles. The molecule has 0 amide bonds. The van der Waals surface area contributed by atoms with E-state index in [2.05, 4.69) is 14.9 Å². The summed E-state index contributed by atoms with van der Waals surface area (Å²) in [6.45, 7) is 1.01. The molecule has 0 fully saturated rings. The largest absolute Gasteiger partial charge is 0.573 e. The highest BCUT2D eigenvalue weighted by Crippen LogP contribution is 2.27. The lowest BCUT2D eigenvalue weighted by atomic mass is 10.2. The lowest BCUT2D eigenvalue weighted by Crippen LogP contribution is -2.17. The van der Waals surface area contributed by atoms with Crippen LogP contribution >= 0.6 is 0 Å². The van der Waals surface area contributed by atoms with Gasteiger partial charge in [0.05, 0.1) is 13.2 Å². The van der Waals surface area contributed by atoms with Crippen molar-refractivity contribution < 1.29 is 27.2 Å². The van der Waals surface area contributed by atoms with Crippen LogP contribution < -0.4 is 4.74 Å². The highest BCUT2D eigenvalue weighted by Gasteiger charge is 2.31. The van der Waals surface area contributed by atoms with Crippen molar-refractivity contribution in [2.75, 3.05) is 13.2 Å². The van der Waals surface area contributed by atoms with Gasteiger partial charge in [0, 0.05) is 11.1 Å². The van der Waals surface area contributed by atoms with E-state index < -0.39 is 6.36 Å². The zero-order valence-electron chi connectivity index (χ0n) is 11.3. The van der Waals surface area contributed by atoms with Gasteiger partial charge in [-0.05, 0) is 18.6 Å². The third-order valence-corrected chi connectivity index (χ3v) is 2.94. The van der Waals surface area contributed by atoms with Crippen LogP contribution in [0, 0.1) is 0 Å². The molecule has 0 saturated heterocycles. The van der Waals surface area contributed by atoms with Crippen LogP contribution in [-0.2, 0) is 4.74 Å². The number of hydrogen-bond acceptors (Lipinski definition) is 5. The third kappa shape index (κ3) is 3.45. The second-order valence-electron chi connectivity index (χ2n) is 4.57. The molecule has 0 aliphatic carbocycles. The van der Waals surface area contributed by atoms with Crippen molar-refractivity contribution in [3.63, 3.8) is 0 Å². The Morgan fingerprint density at radius 2 is 2.09 bits per heavy atom. The number of rotatable bonds is 3. The smallest absolute Gasteiger partial charge is 0.406 e. The Morgan fingerprint density at radius 1 is 1.23 bits per heavy atom. The van der Waals surface area contributed by atoms with E-state index in [0.29, 0.717) is 24.7 Å². The Bertz CT molecular complexity index is 695. The van der Waals surface area contributed by atoms with Crippen molar-refractivity contribution in [2.45, 2.75) is 12.8 Å². The maximum Gasteiger partial charge on any atom is 0.573 e. The Morgan fingerprint density at radius 3 is 2.82 bits per heavy atom. The fraction of sp³-hybridized carbons (Fsp3) is 0.286. The van der Waals surface area contributed by atoms with E-state index in [1.165, 1.54) is 18.2 Å². The first-order valence-electron chi connectivity index (χ1n) is 6.48. The summed E-state index contributed by atoms with van der Waals surface area (Å²) in [5, 5.41) is 3.78. The van der Waals surface area contributed by atoms with Crippen LogP contribution in [0.5, 0.6) is 5.75 Å². The van der Waals surface area contributed by atoms with Crippen LogP contribution in [0.3, 0.4) is 0 Å². The molecule has 5 nitrogen and oxygen atoms in total. The molecule has 0 saturated carbocycles. The Labute approximate surface area is 123 Å². The molecule has 0 N–H and O–H groups in total. The molecule has 2 heterocycles. The van der Waals surface area contributed by atoms with Gasteiger partial charge in [-0.1, -0.05) is 23.4 Å². The third-order valence-electron chi connectivity index (χ3n) is 2.94. The first-order valence-corrected chi connectivity index (χ1v) is 6.48. The Hall–Kier alpha value is -2.35. The second kappa shape index (κ2) is 5.80. The summed E-state index contributed by atoms with van der Waals surface area (Å²) in [5.74, 6) is 0.155. The van der Waals surface area contributed by atoms with E-state index in [1.807, 2.05) is 6.08 Å². The molecular formula is C14H11F3N2O3. The quantitative estimate of drug-likeness (QED) is 0.869. The van der Waals surface area contributed by atoms with Crippen LogP contribution in [0.25, 0.3) is 17.0 Å². The van der Waals surface area contributed by atoms with Gasteiger partial charge >= 0.3 is 6.36 Å². The molecule has 1 aliphatic rings. The van der Waals surface area contributed by atoms with Crippen LogP contribution in [0.2, 0.25) is 0 Å². The molecule has 0 bridgehead atoms. The molecule has 0 atom stereocenters. The number of alkyl halides is 3. The lowest BCUT2D eigenvalue weighted by molar-refractivity contribution is -0.274. The van der Waals surface area contributed by atoms with Gasteiger partial charge in [-0.25, -0.2) is 0 Å². The minimum absolute atomic E-state index is 0.189. The van der Waals surface area contributed by atoms with Crippen molar-refractivity contribution in [3.8, 4) is 17.1 Å². The average Bonchev–Trinajstić information content (AvgIpc) is 2.96. The predicted molar refractivity (Wildman–Crippen MR) is 69.8 cm³/mol. The molecule has 0 spiro atoms. The van der Waals surface area contributed by atoms with Gasteiger partial charge < -0.3 is 14.0 Å². The van der Waals surface area contributed by atoms with Gasteiger partial charge in [-0.15, -0.1) is 13.2 Å². The van der Waals surface area contributed by atoms with Gasteiger partial charge in [0.2, 0.25) is 5.82 Å². The minimum atomic E-state index is -4.74. The molecule has 2 aromatic rings. The zero-order chi connectivity index (χ0) is 15.6. The maximum atomic E-state index is 12.2. The number of halogens is 3. The lowest BCUT2D eigenvalue weighted by Gasteiger charge is -2.09. The van der Waals surface area contributed by atoms with Crippen molar-refractivity contribution in [3.05, 3.63) is 36.2 Å². The molecule has 0 radical (unpaired) electrons. The fourth-order valence-corrected chi connectivity index (χ4v) is 2.01. The zero-order valence-corrected chi connectivity index (χ0v) is 11.3.